The maximum Gasteiger partial charge on any atom is 0.319 e. The number of ketones is 2. The van der Waals surface area contributed by atoms with Gasteiger partial charge in [0.25, 0.3) is 7.11 Å². The quantitative estimate of drug-likeness (QED) is 0.572. The highest BCUT2D eigenvalue weighted by Crippen LogP contribution is 2.46. The van der Waals surface area contributed by atoms with Crippen molar-refractivity contribution in [3.05, 3.63) is 23.8 Å². The van der Waals surface area contributed by atoms with Gasteiger partial charge in [0, 0.05) is 24.3 Å². The van der Waals surface area contributed by atoms with Gasteiger partial charge >= 0.3 is 5.78 Å². The van der Waals surface area contributed by atoms with Gasteiger partial charge in [0.2, 0.25) is 0 Å². The van der Waals surface area contributed by atoms with E-state index in [4.69, 9.17) is 4.42 Å². The zero-order valence-electron chi connectivity index (χ0n) is 9.61. The molecule has 1 fully saturated rings. The number of allylic oxidation sites excluding steroid dienone is 4. The number of carbonyl (C=O) groups excluding carboxylic acids is 2. The van der Waals surface area contributed by atoms with Crippen LogP contribution in [0.3, 0.4) is 0 Å². The van der Waals surface area contributed by atoms with E-state index in [1.54, 1.807) is 7.11 Å². The van der Waals surface area contributed by atoms with E-state index in [9.17, 15) is 4.79 Å². The Hall–Kier alpha value is -1.18. The lowest BCUT2D eigenvalue weighted by Crippen LogP contribution is -2.32. The summed E-state index contributed by atoms with van der Waals surface area (Å²) in [6.07, 6.45) is 10.4. The van der Waals surface area contributed by atoms with Crippen LogP contribution in [0.2, 0.25) is 0 Å². The van der Waals surface area contributed by atoms with Gasteiger partial charge in [-0.3, -0.25) is 9.22 Å². The third-order valence-corrected chi connectivity index (χ3v) is 4.30. The van der Waals surface area contributed by atoms with E-state index in [0.29, 0.717) is 17.6 Å². The van der Waals surface area contributed by atoms with Crippen molar-refractivity contribution in [2.75, 3.05) is 7.11 Å². The van der Waals surface area contributed by atoms with Gasteiger partial charge in [0.15, 0.2) is 0 Å². The molecule has 0 heterocycles. The molecule has 0 aromatic rings. The molecule has 84 valence electrons. The van der Waals surface area contributed by atoms with E-state index in [-0.39, 0.29) is 5.92 Å². The standard InChI is InChI=1S/C14H17O2/c1-16-11-6-4-9-2-3-10-5-7-13(15)14(10)12(9)8-11/h2,4,6,10,12,14H,3,5,7-8H2,1H3/q+1. The lowest BCUT2D eigenvalue weighted by molar-refractivity contribution is -0.420. The van der Waals surface area contributed by atoms with E-state index < -0.39 is 0 Å². The predicted molar refractivity (Wildman–Crippen MR) is 62.1 cm³/mol. The number of hydrogen-bond acceptors (Lipinski definition) is 1. The average molecular weight is 217 g/mol. The molecule has 2 nitrogen and oxygen atoms in total. The first kappa shape index (κ1) is 10.0. The van der Waals surface area contributed by atoms with Crippen molar-refractivity contribution < 1.29 is 9.22 Å². The second-order valence-corrected chi connectivity index (χ2v) is 5.05. The van der Waals surface area contributed by atoms with Gasteiger partial charge in [-0.05, 0) is 24.3 Å². The van der Waals surface area contributed by atoms with Gasteiger partial charge in [-0.2, -0.15) is 0 Å². The van der Waals surface area contributed by atoms with E-state index >= 15 is 0 Å². The summed E-state index contributed by atoms with van der Waals surface area (Å²) in [4.78, 5) is 12.0. The number of fused-ring (bicyclic) bond motifs is 3. The van der Waals surface area contributed by atoms with Gasteiger partial charge in [-0.25, -0.2) is 0 Å². The van der Waals surface area contributed by atoms with E-state index in [2.05, 4.69) is 12.2 Å². The lowest BCUT2D eigenvalue weighted by Gasteiger charge is -2.32. The topological polar surface area (TPSA) is 28.4 Å². The van der Waals surface area contributed by atoms with Crippen molar-refractivity contribution in [2.45, 2.75) is 25.7 Å². The third-order valence-electron chi connectivity index (χ3n) is 4.30. The first-order valence-electron chi connectivity index (χ1n) is 6.10. The van der Waals surface area contributed by atoms with Crippen LogP contribution < -0.4 is 0 Å². The van der Waals surface area contributed by atoms with E-state index in [1.165, 1.54) is 5.57 Å². The summed E-state index contributed by atoms with van der Waals surface area (Å²) in [7, 11) is 1.71. The number of hydrogen-bond donors (Lipinski definition) is 0. The lowest BCUT2D eigenvalue weighted by atomic mass is 9.69. The van der Waals surface area contributed by atoms with Crippen LogP contribution in [-0.2, 0) is 9.22 Å². The number of Topliss-reactive ketones (excluding diaryl/α,β-unsaturated/α-hetero) is 1. The highest BCUT2D eigenvalue weighted by Gasteiger charge is 2.45. The molecule has 0 spiro atoms. The Morgan fingerprint density at radius 1 is 1.38 bits per heavy atom. The molecule has 3 aliphatic rings. The molecular formula is C14H17O2+. The molecule has 0 bridgehead atoms. The molecule has 0 aromatic carbocycles. The Morgan fingerprint density at radius 3 is 3.06 bits per heavy atom. The Labute approximate surface area is 95.7 Å². The van der Waals surface area contributed by atoms with Gasteiger partial charge < -0.3 is 0 Å². The molecule has 1 saturated carbocycles. The third kappa shape index (κ3) is 1.40. The van der Waals surface area contributed by atoms with Crippen molar-refractivity contribution >= 4 is 11.6 Å². The molecule has 3 atom stereocenters. The van der Waals surface area contributed by atoms with Crippen LogP contribution in [-0.4, -0.2) is 18.7 Å². The van der Waals surface area contributed by atoms with Gasteiger partial charge in [-0.1, -0.05) is 12.2 Å². The molecule has 0 radical (unpaired) electrons. The fraction of sp³-hybridized carbons (Fsp3) is 0.571. The largest absolute Gasteiger partial charge is 0.319 e. The molecule has 3 rings (SSSR count). The van der Waals surface area contributed by atoms with Crippen molar-refractivity contribution in [2.24, 2.45) is 17.8 Å². The molecule has 3 aliphatic carbocycles. The minimum Gasteiger partial charge on any atom is -0.299 e. The maximum atomic E-state index is 12.0. The maximum absolute atomic E-state index is 12.0. The Balaban J connectivity index is 1.97. The van der Waals surface area contributed by atoms with E-state index in [0.717, 1.165) is 31.5 Å². The molecular weight excluding hydrogens is 200 g/mol. The number of rotatable bonds is 0. The molecule has 16 heavy (non-hydrogen) atoms. The van der Waals surface area contributed by atoms with Crippen LogP contribution in [0.15, 0.2) is 23.8 Å². The summed E-state index contributed by atoms with van der Waals surface area (Å²) in [6, 6.07) is 0. The van der Waals surface area contributed by atoms with Gasteiger partial charge in [-0.15, -0.1) is 0 Å². The smallest absolute Gasteiger partial charge is 0.299 e. The van der Waals surface area contributed by atoms with Crippen LogP contribution in [0.4, 0.5) is 0 Å². The second-order valence-electron chi connectivity index (χ2n) is 5.05. The predicted octanol–water partition coefficient (Wildman–Crippen LogP) is 2.22. The van der Waals surface area contributed by atoms with Crippen LogP contribution in [0, 0.1) is 17.8 Å². The van der Waals surface area contributed by atoms with Crippen LogP contribution >= 0.6 is 0 Å². The summed E-state index contributed by atoms with van der Waals surface area (Å²) in [5, 5.41) is 0. The zero-order valence-corrected chi connectivity index (χ0v) is 9.61. The van der Waals surface area contributed by atoms with Crippen LogP contribution in [0.25, 0.3) is 0 Å². The minimum absolute atomic E-state index is 0.273. The van der Waals surface area contributed by atoms with Crippen LogP contribution in [0.5, 0.6) is 0 Å². The summed E-state index contributed by atoms with van der Waals surface area (Å²) in [5.74, 6) is 2.77. The fourth-order valence-electron chi connectivity index (χ4n) is 3.46. The normalized spacial score (nSPS) is 39.6. The highest BCUT2D eigenvalue weighted by atomic mass is 16.4. The molecule has 0 amide bonds. The van der Waals surface area contributed by atoms with Gasteiger partial charge in [0.1, 0.15) is 5.78 Å². The van der Waals surface area contributed by atoms with E-state index in [1.807, 2.05) is 6.08 Å². The SMILES string of the molecule is C[O+]=C1C=CC2=CCC3CCC(=O)C3C2C1. The molecule has 0 N–H and O–H groups in total. The molecule has 0 aliphatic heterocycles. The molecule has 2 heteroatoms. The van der Waals surface area contributed by atoms with Crippen molar-refractivity contribution in [1.82, 2.24) is 0 Å². The summed E-state index contributed by atoms with van der Waals surface area (Å²) in [6.45, 7) is 0. The average Bonchev–Trinajstić information content (AvgIpc) is 2.71. The fourth-order valence-corrected chi connectivity index (χ4v) is 3.46. The second kappa shape index (κ2) is 3.69. The first-order chi connectivity index (χ1) is 7.79. The molecule has 0 saturated heterocycles. The van der Waals surface area contributed by atoms with Crippen LogP contribution in [0.1, 0.15) is 25.7 Å². The highest BCUT2D eigenvalue weighted by molar-refractivity contribution is 5.94. The monoisotopic (exact) mass is 217 g/mol. The summed E-state index contributed by atoms with van der Waals surface area (Å²) < 4.78 is 5.32. The van der Waals surface area contributed by atoms with Crippen molar-refractivity contribution in [3.63, 3.8) is 0 Å². The van der Waals surface area contributed by atoms with Crippen molar-refractivity contribution in [1.29, 1.82) is 0 Å². The number of carbonyl (C=O) groups is 1. The zero-order chi connectivity index (χ0) is 11.1. The first-order valence-corrected chi connectivity index (χ1v) is 6.10. The molecule has 3 unspecified atom stereocenters. The Kier molecular flexibility index (Phi) is 2.31. The minimum atomic E-state index is 0.273. The Morgan fingerprint density at radius 2 is 2.25 bits per heavy atom. The summed E-state index contributed by atoms with van der Waals surface area (Å²) >= 11 is 0. The molecule has 0 aromatic heterocycles. The van der Waals surface area contributed by atoms with Crippen molar-refractivity contribution in [3.8, 4) is 0 Å². The Bertz CT molecular complexity index is 414. The summed E-state index contributed by atoms with van der Waals surface area (Å²) in [5.41, 5.74) is 1.36. The van der Waals surface area contributed by atoms with Gasteiger partial charge in [0.05, 0.1) is 6.42 Å².